The standard InChI is InChI=1S/C18H24ClN3O6S/c1-11-16(23)20-13-9-12(19)15(10-14(13)27-11)29(25,26)22-7-5-21(6-8-22)17(24)28-18(2,3)4/h9-11H,5-8H2,1-4H3,(H,20,23). The predicted molar refractivity (Wildman–Crippen MR) is 107 cm³/mol. The van der Waals surface area contributed by atoms with Gasteiger partial charge in [-0.25, -0.2) is 13.2 Å². The van der Waals surface area contributed by atoms with Crippen LogP contribution in [-0.2, 0) is 19.6 Å². The zero-order valence-corrected chi connectivity index (χ0v) is 18.3. The maximum atomic E-state index is 13.1. The van der Waals surface area contributed by atoms with Gasteiger partial charge < -0.3 is 19.7 Å². The summed E-state index contributed by atoms with van der Waals surface area (Å²) in [6.45, 7) is 7.53. The molecule has 3 rings (SSSR count). The lowest BCUT2D eigenvalue weighted by Crippen LogP contribution is -2.51. The van der Waals surface area contributed by atoms with E-state index in [1.54, 1.807) is 27.7 Å². The summed E-state index contributed by atoms with van der Waals surface area (Å²) >= 11 is 6.20. The lowest BCUT2D eigenvalue weighted by molar-refractivity contribution is -0.122. The minimum absolute atomic E-state index is 0.0169. The van der Waals surface area contributed by atoms with Crippen LogP contribution in [0.2, 0.25) is 5.02 Å². The average molecular weight is 446 g/mol. The minimum atomic E-state index is -3.91. The van der Waals surface area contributed by atoms with Gasteiger partial charge in [0.2, 0.25) is 10.0 Å². The molecule has 1 aromatic carbocycles. The molecule has 11 heteroatoms. The molecule has 0 aliphatic carbocycles. The van der Waals surface area contributed by atoms with Gasteiger partial charge in [0, 0.05) is 32.2 Å². The highest BCUT2D eigenvalue weighted by Crippen LogP contribution is 2.38. The highest BCUT2D eigenvalue weighted by atomic mass is 35.5. The molecule has 1 atom stereocenters. The van der Waals surface area contributed by atoms with E-state index in [1.165, 1.54) is 21.3 Å². The molecule has 2 aliphatic heterocycles. The molecule has 160 valence electrons. The highest BCUT2D eigenvalue weighted by Gasteiger charge is 2.35. The molecular formula is C18H24ClN3O6S. The maximum absolute atomic E-state index is 13.1. The number of anilines is 1. The van der Waals surface area contributed by atoms with Gasteiger partial charge in [-0.1, -0.05) is 11.6 Å². The van der Waals surface area contributed by atoms with Crippen LogP contribution in [0.4, 0.5) is 10.5 Å². The third-order valence-electron chi connectivity index (χ3n) is 4.47. The van der Waals surface area contributed by atoms with Gasteiger partial charge in [0.15, 0.2) is 6.10 Å². The molecule has 2 aliphatic rings. The number of nitrogens with one attached hydrogen (secondary N) is 1. The van der Waals surface area contributed by atoms with Gasteiger partial charge >= 0.3 is 6.09 Å². The fourth-order valence-corrected chi connectivity index (χ4v) is 4.92. The second-order valence-electron chi connectivity index (χ2n) is 7.90. The first-order valence-corrected chi connectivity index (χ1v) is 11.0. The van der Waals surface area contributed by atoms with E-state index in [0.717, 1.165) is 0 Å². The van der Waals surface area contributed by atoms with Gasteiger partial charge in [-0.2, -0.15) is 4.31 Å². The van der Waals surface area contributed by atoms with Gasteiger partial charge in [-0.3, -0.25) is 4.79 Å². The first-order chi connectivity index (χ1) is 13.4. The Morgan fingerprint density at radius 1 is 1.24 bits per heavy atom. The van der Waals surface area contributed by atoms with Crippen LogP contribution in [0.5, 0.6) is 5.75 Å². The molecule has 0 aromatic heterocycles. The Morgan fingerprint density at radius 3 is 2.45 bits per heavy atom. The van der Waals surface area contributed by atoms with Crippen LogP contribution < -0.4 is 10.1 Å². The number of benzene rings is 1. The van der Waals surface area contributed by atoms with Crippen molar-refractivity contribution < 1.29 is 27.5 Å². The Labute approximate surface area is 174 Å². The van der Waals surface area contributed by atoms with Crippen molar-refractivity contribution in [3.63, 3.8) is 0 Å². The quantitative estimate of drug-likeness (QED) is 0.748. The van der Waals surface area contributed by atoms with Crippen molar-refractivity contribution in [2.75, 3.05) is 31.5 Å². The van der Waals surface area contributed by atoms with Crippen LogP contribution in [0.3, 0.4) is 0 Å². The van der Waals surface area contributed by atoms with E-state index in [1.807, 2.05) is 0 Å². The van der Waals surface area contributed by atoms with Gasteiger partial charge in [-0.15, -0.1) is 0 Å². The molecule has 1 unspecified atom stereocenters. The highest BCUT2D eigenvalue weighted by molar-refractivity contribution is 7.89. The van der Waals surface area contributed by atoms with Crippen LogP contribution in [0, 0.1) is 0 Å². The molecule has 0 radical (unpaired) electrons. The topological polar surface area (TPSA) is 105 Å². The van der Waals surface area contributed by atoms with Gasteiger partial charge in [-0.05, 0) is 33.8 Å². The van der Waals surface area contributed by atoms with Crippen LogP contribution in [0.1, 0.15) is 27.7 Å². The number of carbonyl (C=O) groups is 2. The Bertz CT molecular complexity index is 936. The number of hydrogen-bond acceptors (Lipinski definition) is 6. The first-order valence-electron chi connectivity index (χ1n) is 9.17. The van der Waals surface area contributed by atoms with Crippen molar-refractivity contribution in [1.29, 1.82) is 0 Å². The summed E-state index contributed by atoms with van der Waals surface area (Å²) < 4.78 is 38.3. The average Bonchev–Trinajstić information content (AvgIpc) is 2.61. The second kappa shape index (κ2) is 7.66. The summed E-state index contributed by atoms with van der Waals surface area (Å²) in [7, 11) is -3.91. The van der Waals surface area contributed by atoms with Crippen LogP contribution >= 0.6 is 11.6 Å². The number of halogens is 1. The monoisotopic (exact) mass is 445 g/mol. The second-order valence-corrected chi connectivity index (χ2v) is 10.2. The molecule has 0 saturated carbocycles. The third kappa shape index (κ3) is 4.59. The zero-order valence-electron chi connectivity index (χ0n) is 16.7. The van der Waals surface area contributed by atoms with E-state index < -0.39 is 27.8 Å². The third-order valence-corrected chi connectivity index (χ3v) is 6.84. The molecule has 1 fully saturated rings. The number of piperazine rings is 1. The van der Waals surface area contributed by atoms with E-state index in [-0.39, 0.29) is 47.8 Å². The van der Waals surface area contributed by atoms with E-state index in [9.17, 15) is 18.0 Å². The molecule has 2 amide bonds. The van der Waals surface area contributed by atoms with Gasteiger partial charge in [0.1, 0.15) is 16.2 Å². The number of fused-ring (bicyclic) bond motifs is 1. The molecular weight excluding hydrogens is 422 g/mol. The summed E-state index contributed by atoms with van der Waals surface area (Å²) in [6.07, 6.45) is -1.21. The van der Waals surface area contributed by atoms with Crippen LogP contribution in [-0.4, -0.2) is 67.5 Å². The Morgan fingerprint density at radius 2 is 1.86 bits per heavy atom. The van der Waals surface area contributed by atoms with Crippen molar-refractivity contribution in [1.82, 2.24) is 9.21 Å². The minimum Gasteiger partial charge on any atom is -0.479 e. The smallest absolute Gasteiger partial charge is 0.410 e. The van der Waals surface area contributed by atoms with Crippen molar-refractivity contribution in [2.24, 2.45) is 0 Å². The number of amides is 2. The van der Waals surface area contributed by atoms with Crippen molar-refractivity contribution in [2.45, 2.75) is 44.3 Å². The summed E-state index contributed by atoms with van der Waals surface area (Å²) in [5.41, 5.74) is -0.296. The van der Waals surface area contributed by atoms with Crippen LogP contribution in [0.15, 0.2) is 17.0 Å². The molecule has 2 heterocycles. The SMILES string of the molecule is CC1Oc2cc(S(=O)(=O)N3CCN(C(=O)OC(C)(C)C)CC3)c(Cl)cc2NC1=O. The zero-order chi connectivity index (χ0) is 21.6. The molecule has 1 N–H and O–H groups in total. The Hall–Kier alpha value is -2.04. The predicted octanol–water partition coefficient (Wildman–Crippen LogP) is 2.30. The number of nitrogens with zero attached hydrogens (tertiary/aromatic N) is 2. The lowest BCUT2D eigenvalue weighted by Gasteiger charge is -2.35. The summed E-state index contributed by atoms with van der Waals surface area (Å²) in [4.78, 5) is 25.3. The number of carbonyl (C=O) groups excluding carboxylic acids is 2. The molecule has 1 saturated heterocycles. The van der Waals surface area contributed by atoms with E-state index in [4.69, 9.17) is 21.1 Å². The normalized spacial score (nSPS) is 20.5. The largest absolute Gasteiger partial charge is 0.479 e. The van der Waals surface area contributed by atoms with Crippen molar-refractivity contribution in [3.8, 4) is 5.75 Å². The number of rotatable bonds is 2. The van der Waals surface area contributed by atoms with E-state index in [0.29, 0.717) is 5.69 Å². The fraction of sp³-hybridized carbons (Fsp3) is 0.556. The van der Waals surface area contributed by atoms with E-state index >= 15 is 0 Å². The molecule has 0 spiro atoms. The summed E-state index contributed by atoms with van der Waals surface area (Å²) in [6, 6.07) is 2.69. The maximum Gasteiger partial charge on any atom is 0.410 e. The first kappa shape index (κ1) is 21.7. The van der Waals surface area contributed by atoms with Gasteiger partial charge in [0.05, 0.1) is 10.7 Å². The Kier molecular flexibility index (Phi) is 5.72. The fourth-order valence-electron chi connectivity index (χ4n) is 2.98. The lowest BCUT2D eigenvalue weighted by atomic mass is 10.2. The molecule has 29 heavy (non-hydrogen) atoms. The number of hydrogen-bond donors (Lipinski definition) is 1. The van der Waals surface area contributed by atoms with Crippen molar-refractivity contribution in [3.05, 3.63) is 17.2 Å². The molecule has 9 nitrogen and oxygen atoms in total. The number of ether oxygens (including phenoxy) is 2. The van der Waals surface area contributed by atoms with Gasteiger partial charge in [0.25, 0.3) is 5.91 Å². The molecule has 1 aromatic rings. The van der Waals surface area contributed by atoms with Crippen LogP contribution in [0.25, 0.3) is 0 Å². The summed E-state index contributed by atoms with van der Waals surface area (Å²) in [5.74, 6) is -0.0881. The summed E-state index contributed by atoms with van der Waals surface area (Å²) in [5, 5.41) is 2.61. The van der Waals surface area contributed by atoms with Crippen molar-refractivity contribution >= 4 is 39.3 Å². The van der Waals surface area contributed by atoms with E-state index in [2.05, 4.69) is 5.32 Å². The number of sulfonamides is 1. The Balaban J connectivity index is 1.76. The molecule has 0 bridgehead atoms.